The van der Waals surface area contributed by atoms with Crippen molar-refractivity contribution in [1.29, 1.82) is 0 Å². The van der Waals surface area contributed by atoms with E-state index in [9.17, 15) is 9.59 Å². The number of benzene rings is 1. The van der Waals surface area contributed by atoms with Gasteiger partial charge in [-0.3, -0.25) is 14.6 Å². The molecule has 6 heteroatoms. The Morgan fingerprint density at radius 2 is 1.84 bits per heavy atom. The van der Waals surface area contributed by atoms with Crippen molar-refractivity contribution in [2.75, 3.05) is 13.1 Å². The van der Waals surface area contributed by atoms with Crippen molar-refractivity contribution in [3.05, 3.63) is 77.3 Å². The minimum absolute atomic E-state index is 0.00415. The lowest BCUT2D eigenvalue weighted by Crippen LogP contribution is -2.50. The van der Waals surface area contributed by atoms with Gasteiger partial charge in [0.15, 0.2) is 0 Å². The maximum absolute atomic E-state index is 13.8. The Bertz CT molecular complexity index is 999. The largest absolute Gasteiger partial charge is 0.384 e. The van der Waals surface area contributed by atoms with Gasteiger partial charge in [0.25, 0.3) is 11.8 Å². The lowest BCUT2D eigenvalue weighted by molar-refractivity contribution is -0.130. The molecule has 1 unspecified atom stereocenters. The van der Waals surface area contributed by atoms with Crippen LogP contribution in [0.25, 0.3) is 0 Å². The molecule has 4 rings (SSSR count). The highest BCUT2D eigenvalue weighted by atomic mass is 16.2. The van der Waals surface area contributed by atoms with E-state index >= 15 is 0 Å². The van der Waals surface area contributed by atoms with Crippen molar-refractivity contribution in [2.24, 2.45) is 5.92 Å². The third-order valence-electron chi connectivity index (χ3n) is 6.32. The van der Waals surface area contributed by atoms with E-state index < -0.39 is 5.54 Å². The molecule has 0 spiro atoms. The summed E-state index contributed by atoms with van der Waals surface area (Å²) in [7, 11) is 0. The van der Waals surface area contributed by atoms with Gasteiger partial charge >= 0.3 is 0 Å². The molecule has 0 aliphatic carbocycles. The number of rotatable bonds is 4. The van der Waals surface area contributed by atoms with E-state index in [0.29, 0.717) is 25.2 Å². The van der Waals surface area contributed by atoms with Crippen LogP contribution in [-0.2, 0) is 11.3 Å². The van der Waals surface area contributed by atoms with Crippen LogP contribution < -0.4 is 5.32 Å². The number of hydrogen-bond acceptors (Lipinski definition) is 4. The van der Waals surface area contributed by atoms with Gasteiger partial charge in [0.1, 0.15) is 0 Å². The zero-order valence-corrected chi connectivity index (χ0v) is 18.6. The van der Waals surface area contributed by atoms with Crippen LogP contribution >= 0.6 is 0 Å². The second-order valence-electron chi connectivity index (χ2n) is 9.07. The molecule has 0 saturated heterocycles. The zero-order chi connectivity index (χ0) is 22.2. The molecule has 1 aromatic carbocycles. The third kappa shape index (κ3) is 3.71. The van der Waals surface area contributed by atoms with Crippen molar-refractivity contribution < 1.29 is 9.59 Å². The van der Waals surface area contributed by atoms with Gasteiger partial charge in [0.2, 0.25) is 0 Å². The Labute approximate surface area is 184 Å². The molecule has 2 aromatic rings. The maximum atomic E-state index is 13.8. The monoisotopic (exact) mass is 418 g/mol. The fraction of sp³-hybridized carbons (Fsp3) is 0.400. The fourth-order valence-corrected chi connectivity index (χ4v) is 4.77. The number of carbonyl (C=O) groups is 2. The lowest BCUT2D eigenvalue weighted by Gasteiger charge is -2.36. The summed E-state index contributed by atoms with van der Waals surface area (Å²) in [6.07, 6.45) is 3.26. The summed E-state index contributed by atoms with van der Waals surface area (Å²) in [5, 5.41) is 3.51. The number of carbonyl (C=O) groups excluding carboxylic acids is 2. The summed E-state index contributed by atoms with van der Waals surface area (Å²) in [6, 6.07) is 13.2. The first kappa shape index (κ1) is 21.1. The number of aromatic nitrogens is 1. The molecule has 31 heavy (non-hydrogen) atoms. The number of pyridine rings is 1. The first-order chi connectivity index (χ1) is 14.8. The predicted molar refractivity (Wildman–Crippen MR) is 120 cm³/mol. The Morgan fingerprint density at radius 1 is 1.16 bits per heavy atom. The molecule has 0 fully saturated rings. The third-order valence-corrected chi connectivity index (χ3v) is 6.32. The van der Waals surface area contributed by atoms with E-state index in [1.807, 2.05) is 40.1 Å². The second-order valence-corrected chi connectivity index (χ2v) is 9.07. The van der Waals surface area contributed by atoms with Crippen LogP contribution in [0.4, 0.5) is 0 Å². The van der Waals surface area contributed by atoms with Crippen LogP contribution in [0.2, 0.25) is 0 Å². The molecule has 1 atom stereocenters. The summed E-state index contributed by atoms with van der Waals surface area (Å²) in [5.41, 5.74) is 2.86. The lowest BCUT2D eigenvalue weighted by atomic mass is 9.90. The van der Waals surface area contributed by atoms with Crippen molar-refractivity contribution in [2.45, 2.75) is 45.8 Å². The zero-order valence-electron chi connectivity index (χ0n) is 18.6. The minimum Gasteiger partial charge on any atom is -0.384 e. The van der Waals surface area contributed by atoms with E-state index in [0.717, 1.165) is 16.8 Å². The summed E-state index contributed by atoms with van der Waals surface area (Å²) < 4.78 is 0. The summed E-state index contributed by atoms with van der Waals surface area (Å²) >= 11 is 0. The number of amides is 2. The Hall–Kier alpha value is -3.15. The smallest absolute Gasteiger partial charge is 0.254 e. The summed E-state index contributed by atoms with van der Waals surface area (Å²) in [4.78, 5) is 35.0. The van der Waals surface area contributed by atoms with Gasteiger partial charge in [-0.15, -0.1) is 0 Å². The van der Waals surface area contributed by atoms with Gasteiger partial charge in [-0.1, -0.05) is 44.2 Å². The summed E-state index contributed by atoms with van der Waals surface area (Å²) in [6.45, 7) is 10.0. The van der Waals surface area contributed by atoms with Gasteiger partial charge < -0.3 is 15.1 Å². The van der Waals surface area contributed by atoms with Crippen molar-refractivity contribution in [3.8, 4) is 0 Å². The van der Waals surface area contributed by atoms with Gasteiger partial charge in [0.05, 0.1) is 17.2 Å². The molecule has 1 N–H and O–H groups in total. The molecule has 0 bridgehead atoms. The van der Waals surface area contributed by atoms with E-state index in [-0.39, 0.29) is 23.8 Å². The van der Waals surface area contributed by atoms with Gasteiger partial charge in [-0.25, -0.2) is 0 Å². The average Bonchev–Trinajstić information content (AvgIpc) is 2.92. The standard InChI is InChI=1S/C25H30N4O2/c1-17(2)21-20-22(27-14-15-28(21)23(30)19-10-12-26-13-11-19)25(3,4)29(24(20)31)16-18-8-6-5-7-9-18/h5-13,17,21,27H,14-16H2,1-4H3. The van der Waals surface area contributed by atoms with Crippen LogP contribution in [0.15, 0.2) is 66.1 Å². The van der Waals surface area contributed by atoms with Crippen LogP contribution in [0, 0.1) is 5.92 Å². The van der Waals surface area contributed by atoms with Crippen molar-refractivity contribution in [3.63, 3.8) is 0 Å². The first-order valence-electron chi connectivity index (χ1n) is 10.9. The van der Waals surface area contributed by atoms with E-state index in [4.69, 9.17) is 0 Å². The van der Waals surface area contributed by atoms with E-state index in [1.54, 1.807) is 24.5 Å². The molecule has 162 valence electrons. The topological polar surface area (TPSA) is 65.5 Å². The molecule has 6 nitrogen and oxygen atoms in total. The maximum Gasteiger partial charge on any atom is 0.254 e. The molecule has 3 heterocycles. The molecular weight excluding hydrogens is 388 g/mol. The summed E-state index contributed by atoms with van der Waals surface area (Å²) in [5.74, 6) is 0.0281. The van der Waals surface area contributed by atoms with Crippen LogP contribution in [0.5, 0.6) is 0 Å². The van der Waals surface area contributed by atoms with Crippen LogP contribution in [-0.4, -0.2) is 51.3 Å². The normalized spacial score (nSPS) is 20.5. The molecule has 2 aliphatic rings. The Morgan fingerprint density at radius 3 is 2.48 bits per heavy atom. The molecule has 1 aromatic heterocycles. The number of nitrogens with zero attached hydrogens (tertiary/aromatic N) is 3. The highest BCUT2D eigenvalue weighted by molar-refractivity contribution is 6.02. The molecule has 0 saturated carbocycles. The Kier molecular flexibility index (Phi) is 5.56. The predicted octanol–water partition coefficient (Wildman–Crippen LogP) is 3.23. The van der Waals surface area contributed by atoms with E-state index in [2.05, 4.69) is 38.0 Å². The SMILES string of the molecule is CC(C)C1C2=C(NCCN1C(=O)c1ccncc1)C(C)(C)N(Cc1ccccc1)C2=O. The van der Waals surface area contributed by atoms with Gasteiger partial charge in [-0.05, 0) is 37.5 Å². The van der Waals surface area contributed by atoms with Gasteiger partial charge in [0, 0.05) is 43.3 Å². The minimum atomic E-state index is -0.481. The molecule has 2 aliphatic heterocycles. The van der Waals surface area contributed by atoms with Gasteiger partial charge in [-0.2, -0.15) is 0 Å². The highest BCUT2D eigenvalue weighted by Crippen LogP contribution is 2.40. The number of hydrogen-bond donors (Lipinski definition) is 1. The van der Waals surface area contributed by atoms with Crippen molar-refractivity contribution >= 4 is 11.8 Å². The van der Waals surface area contributed by atoms with Crippen LogP contribution in [0.1, 0.15) is 43.6 Å². The van der Waals surface area contributed by atoms with Crippen LogP contribution in [0.3, 0.4) is 0 Å². The molecule has 2 amide bonds. The van der Waals surface area contributed by atoms with E-state index in [1.165, 1.54) is 0 Å². The molecular formula is C25H30N4O2. The second kappa shape index (κ2) is 8.17. The first-order valence-corrected chi connectivity index (χ1v) is 10.9. The number of nitrogens with one attached hydrogen (secondary N) is 1. The average molecular weight is 419 g/mol. The quantitative estimate of drug-likeness (QED) is 0.828. The fourth-order valence-electron chi connectivity index (χ4n) is 4.77. The molecule has 0 radical (unpaired) electrons. The highest BCUT2D eigenvalue weighted by Gasteiger charge is 2.50. The Balaban J connectivity index is 1.73. The van der Waals surface area contributed by atoms with Crippen molar-refractivity contribution in [1.82, 2.24) is 20.1 Å².